The maximum absolute atomic E-state index is 6.02. The number of hydrogen-bond donors (Lipinski definition) is 1. The van der Waals surface area contributed by atoms with E-state index in [0.717, 1.165) is 33.0 Å². The van der Waals surface area contributed by atoms with Crippen LogP contribution in [0.4, 0.5) is 0 Å². The van der Waals surface area contributed by atoms with Crippen LogP contribution in [0.15, 0.2) is 42.5 Å². The molecule has 1 N–H and O–H groups in total. The Morgan fingerprint density at radius 3 is 2.76 bits per heavy atom. The molecule has 17 heavy (non-hydrogen) atoms. The van der Waals surface area contributed by atoms with Gasteiger partial charge in [0.15, 0.2) is 0 Å². The van der Waals surface area contributed by atoms with Gasteiger partial charge in [0, 0.05) is 10.6 Å². The van der Waals surface area contributed by atoms with Crippen molar-refractivity contribution in [3.63, 3.8) is 0 Å². The zero-order valence-corrected chi connectivity index (χ0v) is 10.1. The molecule has 0 bridgehead atoms. The third-order valence-electron chi connectivity index (χ3n) is 2.84. The monoisotopic (exact) mass is 242 g/mol. The van der Waals surface area contributed by atoms with Crippen molar-refractivity contribution in [2.24, 2.45) is 0 Å². The fourth-order valence-electron chi connectivity index (χ4n) is 1.93. The summed E-state index contributed by atoms with van der Waals surface area (Å²) in [6, 6.07) is 13.8. The minimum atomic E-state index is 0.728. The summed E-state index contributed by atoms with van der Waals surface area (Å²) in [4.78, 5) is 7.88. The van der Waals surface area contributed by atoms with E-state index in [2.05, 4.69) is 16.9 Å². The Labute approximate surface area is 104 Å². The molecule has 0 radical (unpaired) electrons. The van der Waals surface area contributed by atoms with Crippen molar-refractivity contribution in [3.8, 4) is 11.4 Å². The molecule has 0 atom stereocenters. The second-order valence-corrected chi connectivity index (χ2v) is 4.50. The van der Waals surface area contributed by atoms with Crippen LogP contribution in [0.25, 0.3) is 22.4 Å². The van der Waals surface area contributed by atoms with Crippen LogP contribution in [0.5, 0.6) is 0 Å². The Morgan fingerprint density at radius 2 is 1.94 bits per heavy atom. The minimum absolute atomic E-state index is 0.728. The standard InChI is InChI=1S/C14H11ClN2/c1-9-6-7-10(15)8-11(9)14-16-12-4-2-3-5-13(12)17-14/h2-8H,1H3,(H,16,17). The van der Waals surface area contributed by atoms with Crippen LogP contribution in [0.1, 0.15) is 5.56 Å². The van der Waals surface area contributed by atoms with Gasteiger partial charge in [-0.1, -0.05) is 29.8 Å². The molecule has 3 rings (SSSR count). The molecule has 0 unspecified atom stereocenters. The van der Waals surface area contributed by atoms with Crippen molar-refractivity contribution in [2.75, 3.05) is 0 Å². The lowest BCUT2D eigenvalue weighted by Crippen LogP contribution is -1.85. The molecule has 0 fully saturated rings. The molecule has 84 valence electrons. The van der Waals surface area contributed by atoms with E-state index in [0.29, 0.717) is 0 Å². The molecule has 3 aromatic rings. The van der Waals surface area contributed by atoms with Crippen LogP contribution in [0.2, 0.25) is 5.02 Å². The Morgan fingerprint density at radius 1 is 1.12 bits per heavy atom. The number of rotatable bonds is 1. The Balaban J connectivity index is 2.23. The Hall–Kier alpha value is -1.80. The number of fused-ring (bicyclic) bond motifs is 1. The van der Waals surface area contributed by atoms with Crippen LogP contribution in [-0.4, -0.2) is 9.97 Å². The largest absolute Gasteiger partial charge is 0.338 e. The summed E-state index contributed by atoms with van der Waals surface area (Å²) in [5, 5.41) is 0.728. The van der Waals surface area contributed by atoms with Crippen LogP contribution >= 0.6 is 11.6 Å². The fourth-order valence-corrected chi connectivity index (χ4v) is 2.10. The van der Waals surface area contributed by atoms with E-state index in [1.54, 1.807) is 0 Å². The predicted molar refractivity (Wildman–Crippen MR) is 71.3 cm³/mol. The number of nitrogens with one attached hydrogen (secondary N) is 1. The molecule has 0 saturated heterocycles. The first-order valence-electron chi connectivity index (χ1n) is 5.45. The molecule has 3 heteroatoms. The van der Waals surface area contributed by atoms with Gasteiger partial charge in [-0.2, -0.15) is 0 Å². The first-order valence-corrected chi connectivity index (χ1v) is 5.83. The fraction of sp³-hybridized carbons (Fsp3) is 0.0714. The van der Waals surface area contributed by atoms with Crippen LogP contribution in [0.3, 0.4) is 0 Å². The lowest BCUT2D eigenvalue weighted by atomic mass is 10.1. The summed E-state index contributed by atoms with van der Waals surface area (Å²) < 4.78 is 0. The van der Waals surface area contributed by atoms with Crippen molar-refractivity contribution in [2.45, 2.75) is 6.92 Å². The maximum atomic E-state index is 6.02. The lowest BCUT2D eigenvalue weighted by molar-refractivity contribution is 1.31. The molecule has 0 spiro atoms. The number of para-hydroxylation sites is 2. The molecular weight excluding hydrogens is 232 g/mol. The number of aromatic nitrogens is 2. The van der Waals surface area contributed by atoms with E-state index in [4.69, 9.17) is 11.6 Å². The van der Waals surface area contributed by atoms with Gasteiger partial charge in [-0.25, -0.2) is 4.98 Å². The van der Waals surface area contributed by atoms with E-state index >= 15 is 0 Å². The van der Waals surface area contributed by atoms with Crippen LogP contribution in [-0.2, 0) is 0 Å². The summed E-state index contributed by atoms with van der Waals surface area (Å²) in [5.41, 5.74) is 4.23. The molecule has 0 aliphatic heterocycles. The quantitative estimate of drug-likeness (QED) is 0.681. The molecule has 0 aliphatic rings. The summed E-state index contributed by atoms with van der Waals surface area (Å²) in [7, 11) is 0. The number of nitrogens with zero attached hydrogens (tertiary/aromatic N) is 1. The number of aryl methyl sites for hydroxylation is 1. The van der Waals surface area contributed by atoms with Crippen molar-refractivity contribution in [1.82, 2.24) is 9.97 Å². The average molecular weight is 243 g/mol. The number of benzene rings is 2. The van der Waals surface area contributed by atoms with E-state index in [-0.39, 0.29) is 0 Å². The molecule has 0 aliphatic carbocycles. The van der Waals surface area contributed by atoms with Gasteiger partial charge < -0.3 is 4.98 Å². The topological polar surface area (TPSA) is 28.7 Å². The third kappa shape index (κ3) is 1.81. The number of aromatic amines is 1. The lowest BCUT2D eigenvalue weighted by Gasteiger charge is -2.02. The van der Waals surface area contributed by atoms with Gasteiger partial charge in [-0.3, -0.25) is 0 Å². The Bertz CT molecular complexity index is 653. The van der Waals surface area contributed by atoms with E-state index in [1.165, 1.54) is 0 Å². The molecule has 1 aromatic heterocycles. The molecule has 0 amide bonds. The van der Waals surface area contributed by atoms with E-state index in [9.17, 15) is 0 Å². The summed E-state index contributed by atoms with van der Waals surface area (Å²) in [5.74, 6) is 0.867. The highest BCUT2D eigenvalue weighted by Gasteiger charge is 2.07. The van der Waals surface area contributed by atoms with Crippen molar-refractivity contribution in [1.29, 1.82) is 0 Å². The van der Waals surface area contributed by atoms with Gasteiger partial charge in [-0.05, 0) is 36.8 Å². The SMILES string of the molecule is Cc1ccc(Cl)cc1-c1nc2ccccc2[nH]1. The highest BCUT2D eigenvalue weighted by atomic mass is 35.5. The maximum Gasteiger partial charge on any atom is 0.138 e. The molecular formula is C14H11ClN2. The second-order valence-electron chi connectivity index (χ2n) is 4.06. The smallest absolute Gasteiger partial charge is 0.138 e. The number of imidazole rings is 1. The first kappa shape index (κ1) is 10.4. The van der Waals surface area contributed by atoms with Gasteiger partial charge in [0.1, 0.15) is 5.82 Å². The van der Waals surface area contributed by atoms with Crippen LogP contribution < -0.4 is 0 Å². The second kappa shape index (κ2) is 3.90. The van der Waals surface area contributed by atoms with Gasteiger partial charge in [0.05, 0.1) is 11.0 Å². The zero-order valence-electron chi connectivity index (χ0n) is 9.37. The predicted octanol–water partition coefficient (Wildman–Crippen LogP) is 4.19. The highest BCUT2D eigenvalue weighted by molar-refractivity contribution is 6.30. The van der Waals surface area contributed by atoms with Gasteiger partial charge in [0.25, 0.3) is 0 Å². The van der Waals surface area contributed by atoms with E-state index < -0.39 is 0 Å². The van der Waals surface area contributed by atoms with Crippen LogP contribution in [0, 0.1) is 6.92 Å². The van der Waals surface area contributed by atoms with E-state index in [1.807, 2.05) is 42.5 Å². The summed E-state index contributed by atoms with van der Waals surface area (Å²) in [6.45, 7) is 2.05. The highest BCUT2D eigenvalue weighted by Crippen LogP contribution is 2.26. The first-order chi connectivity index (χ1) is 8.24. The minimum Gasteiger partial charge on any atom is -0.338 e. The van der Waals surface area contributed by atoms with Crippen molar-refractivity contribution in [3.05, 3.63) is 53.1 Å². The molecule has 2 aromatic carbocycles. The van der Waals surface area contributed by atoms with Gasteiger partial charge in [0.2, 0.25) is 0 Å². The number of H-pyrrole nitrogens is 1. The van der Waals surface area contributed by atoms with Gasteiger partial charge >= 0.3 is 0 Å². The third-order valence-corrected chi connectivity index (χ3v) is 3.08. The summed E-state index contributed by atoms with van der Waals surface area (Å²) >= 11 is 6.02. The molecule has 2 nitrogen and oxygen atoms in total. The zero-order chi connectivity index (χ0) is 11.8. The van der Waals surface area contributed by atoms with Gasteiger partial charge in [-0.15, -0.1) is 0 Å². The van der Waals surface area contributed by atoms with Crippen molar-refractivity contribution >= 4 is 22.6 Å². The number of halogens is 1. The average Bonchev–Trinajstić information content (AvgIpc) is 2.75. The van der Waals surface area contributed by atoms with Crippen molar-refractivity contribution < 1.29 is 0 Å². The number of hydrogen-bond acceptors (Lipinski definition) is 1. The summed E-state index contributed by atoms with van der Waals surface area (Å²) in [6.07, 6.45) is 0. The Kier molecular flexibility index (Phi) is 2.37. The molecule has 0 saturated carbocycles. The normalized spacial score (nSPS) is 10.9. The molecule has 1 heterocycles.